The van der Waals surface area contributed by atoms with Gasteiger partial charge in [-0.25, -0.2) is 13.7 Å². The summed E-state index contributed by atoms with van der Waals surface area (Å²) in [6.07, 6.45) is 6.46. The van der Waals surface area contributed by atoms with Gasteiger partial charge in [-0.3, -0.25) is 15.0 Å². The van der Waals surface area contributed by atoms with Gasteiger partial charge in [-0.15, -0.1) is 0 Å². The molecule has 6 aromatic heterocycles. The number of aryl methyl sites for hydroxylation is 11. The van der Waals surface area contributed by atoms with Gasteiger partial charge in [0.05, 0.1) is 17.1 Å². The molecular formula is C86H85N6+3. The number of fused-ring (bicyclic) bond motifs is 9. The van der Waals surface area contributed by atoms with Crippen LogP contribution in [-0.4, -0.2) is 15.0 Å². The van der Waals surface area contributed by atoms with Gasteiger partial charge < -0.3 is 0 Å². The second-order valence-electron chi connectivity index (χ2n) is 27.0. The molecule has 6 heteroatoms. The highest BCUT2D eigenvalue weighted by molar-refractivity contribution is 5.87. The normalized spacial score (nSPS) is 15.0. The number of aromatic nitrogens is 6. The van der Waals surface area contributed by atoms with Crippen molar-refractivity contribution < 1.29 is 21.9 Å². The van der Waals surface area contributed by atoms with E-state index in [1.165, 1.54) is 112 Å². The zero-order valence-electron chi connectivity index (χ0n) is 61.8. The first-order valence-electron chi connectivity index (χ1n) is 35.0. The fourth-order valence-corrected chi connectivity index (χ4v) is 14.2. The molecule has 0 aliphatic heterocycles. The summed E-state index contributed by atoms with van der Waals surface area (Å²) in [5, 5.41) is 0. The van der Waals surface area contributed by atoms with E-state index in [1.54, 1.807) is 25.1 Å². The van der Waals surface area contributed by atoms with Crippen LogP contribution in [0.2, 0.25) is 0 Å². The first kappa shape index (κ1) is 54.0. The van der Waals surface area contributed by atoms with E-state index in [1.807, 2.05) is 30.8 Å². The Morgan fingerprint density at radius 3 is 1.07 bits per heavy atom. The van der Waals surface area contributed by atoms with Crippen LogP contribution in [0.15, 0.2) is 207 Å². The van der Waals surface area contributed by atoms with Crippen LogP contribution in [-0.2, 0) is 37.4 Å². The van der Waals surface area contributed by atoms with Gasteiger partial charge in [-0.1, -0.05) is 168 Å². The molecule has 0 saturated heterocycles. The summed E-state index contributed by atoms with van der Waals surface area (Å²) in [7, 11) is 6.24. The van der Waals surface area contributed by atoms with Gasteiger partial charge in [0, 0.05) is 110 Å². The van der Waals surface area contributed by atoms with Gasteiger partial charge in [-0.2, -0.15) is 0 Å². The first-order chi connectivity index (χ1) is 46.4. The van der Waals surface area contributed by atoms with Gasteiger partial charge in [-0.05, 0) is 176 Å². The second kappa shape index (κ2) is 23.2. The van der Waals surface area contributed by atoms with E-state index in [4.69, 9.17) is 18.2 Å². The number of hydrogen-bond donors (Lipinski definition) is 0. The maximum absolute atomic E-state index is 8.45. The Hall–Kier alpha value is -9.78. The third-order valence-electron chi connectivity index (χ3n) is 19.5. The van der Waals surface area contributed by atoms with Crippen molar-refractivity contribution in [1.29, 1.82) is 0 Å². The maximum Gasteiger partial charge on any atom is 0.213 e. The van der Waals surface area contributed by atoms with Gasteiger partial charge in [0.15, 0.2) is 18.6 Å². The molecule has 3 aliphatic carbocycles. The Kier molecular flexibility index (Phi) is 13.6. The highest BCUT2D eigenvalue weighted by Gasteiger charge is 2.41. The summed E-state index contributed by atoms with van der Waals surface area (Å²) in [6.45, 7) is 19.9. The predicted octanol–water partition coefficient (Wildman–Crippen LogP) is 19.1. The van der Waals surface area contributed by atoms with Crippen LogP contribution in [0.3, 0.4) is 0 Å². The SMILES string of the molecule is Cc1ccc(-c2ccc(-c3cc4c(cc3C)C(C)(C)c3nc(C)ccc3-4)[n+](C)c2)cc1.Cc1ccc2c(n1)C(C)(C)c1cc(C)c(-c3ccc(-c4ccccc4)c[n+]3C)cc1-2.[2H]C([2H])([2H])C1(C([2H])([2H])[2H])c2cc(C)c(-c3cc(-c4ccc(C)cc4)cc[n+]3C)cc2-c2ccc(C)nc21. The van der Waals surface area contributed by atoms with E-state index in [0.717, 1.165) is 39.3 Å². The molecule has 6 heterocycles. The third kappa shape index (κ3) is 10.8. The molecule has 456 valence electrons. The van der Waals surface area contributed by atoms with E-state index in [2.05, 4.69) is 274 Å². The van der Waals surface area contributed by atoms with Crippen LogP contribution < -0.4 is 13.7 Å². The molecule has 6 nitrogen and oxygen atoms in total. The molecule has 3 aliphatic rings. The summed E-state index contributed by atoms with van der Waals surface area (Å²) in [5.41, 5.74) is 32.1. The quantitative estimate of drug-likeness (QED) is 0.156. The Bertz CT molecular complexity index is 5160. The molecule has 6 aromatic carbocycles. The Balaban J connectivity index is 0.000000133. The van der Waals surface area contributed by atoms with E-state index in [0.29, 0.717) is 22.4 Å². The van der Waals surface area contributed by atoms with Crippen molar-refractivity contribution in [3.05, 3.63) is 285 Å². The molecular weight excluding hydrogens is 1120 g/mol. The number of benzene rings is 6. The average Bonchev–Trinajstić information content (AvgIpc) is 1.50. The maximum atomic E-state index is 8.45. The Morgan fingerprint density at radius 2 is 0.663 bits per heavy atom. The van der Waals surface area contributed by atoms with Gasteiger partial charge in [0.25, 0.3) is 0 Å². The van der Waals surface area contributed by atoms with Crippen molar-refractivity contribution in [3.8, 4) is 101 Å². The van der Waals surface area contributed by atoms with Gasteiger partial charge >= 0.3 is 0 Å². The predicted molar refractivity (Wildman–Crippen MR) is 379 cm³/mol. The summed E-state index contributed by atoms with van der Waals surface area (Å²) < 4.78 is 57.2. The van der Waals surface area contributed by atoms with Crippen LogP contribution in [0.4, 0.5) is 0 Å². The average molecular weight is 1210 g/mol. The molecule has 0 saturated carbocycles. The van der Waals surface area contributed by atoms with Gasteiger partial charge in [0.2, 0.25) is 17.1 Å². The molecule has 0 unspecified atom stereocenters. The van der Waals surface area contributed by atoms with Crippen LogP contribution in [0.5, 0.6) is 0 Å². The zero-order valence-corrected chi connectivity index (χ0v) is 55.8. The molecule has 15 rings (SSSR count). The second-order valence-corrected chi connectivity index (χ2v) is 27.0. The van der Waals surface area contributed by atoms with Crippen molar-refractivity contribution in [2.75, 3.05) is 0 Å². The molecule has 0 radical (unpaired) electrons. The van der Waals surface area contributed by atoms with Crippen LogP contribution >= 0.6 is 0 Å². The lowest BCUT2D eigenvalue weighted by atomic mass is 9.83. The fourth-order valence-electron chi connectivity index (χ4n) is 14.2. The molecule has 0 atom stereocenters. The van der Waals surface area contributed by atoms with Crippen LogP contribution in [0, 0.1) is 55.4 Å². The lowest BCUT2D eigenvalue weighted by Crippen LogP contribution is -2.31. The standard InChI is InChI=1S/2C29H29N2.C28H27N2/c1-18-7-10-21(11-8-18)22-12-14-27(31(6)17-22)24-16-25-23-13-9-20(3)30-28(23)29(4,5)26(25)15-19(24)2;1-18-7-10-21(11-8-18)22-13-14-31(6)27(16-22)24-17-25-23-12-9-20(3)30-28(23)29(4,5)26(25)15-19(24)2;1-18-15-25-24(22-13-11-19(2)29-27(22)28(25,3)4)16-23(18)26-14-12-21(17-30(26)5)20-9-7-6-8-10-20/h2*7-17H,1-6H3;6-17H,1-5H3/q3*+1/i;4D3,5D3;. The summed E-state index contributed by atoms with van der Waals surface area (Å²) in [4.78, 5) is 14.4. The van der Waals surface area contributed by atoms with E-state index in [9.17, 15) is 0 Å². The summed E-state index contributed by atoms with van der Waals surface area (Å²) in [5.74, 6) is 0. The number of nitrogens with zero attached hydrogens (tertiary/aromatic N) is 6. The van der Waals surface area contributed by atoms with E-state index >= 15 is 0 Å². The minimum Gasteiger partial charge on any atom is -0.257 e. The highest BCUT2D eigenvalue weighted by Crippen LogP contribution is 2.52. The molecule has 12 aromatic rings. The van der Waals surface area contributed by atoms with Crippen molar-refractivity contribution in [3.63, 3.8) is 0 Å². The largest absolute Gasteiger partial charge is 0.257 e. The topological polar surface area (TPSA) is 50.3 Å². The van der Waals surface area contributed by atoms with Crippen molar-refractivity contribution in [2.24, 2.45) is 21.1 Å². The van der Waals surface area contributed by atoms with Crippen LogP contribution in [0.25, 0.3) is 101 Å². The third-order valence-corrected chi connectivity index (χ3v) is 19.5. The lowest BCUT2D eigenvalue weighted by Gasteiger charge is -2.21. The van der Waals surface area contributed by atoms with E-state index in [-0.39, 0.29) is 16.5 Å². The molecule has 0 amide bonds. The molecule has 92 heavy (non-hydrogen) atoms. The van der Waals surface area contributed by atoms with Crippen molar-refractivity contribution >= 4 is 0 Å². The smallest absolute Gasteiger partial charge is 0.213 e. The minimum absolute atomic E-state index is 0.0701. The minimum atomic E-state index is -2.83. The van der Waals surface area contributed by atoms with Crippen molar-refractivity contribution in [2.45, 2.75) is 113 Å². The van der Waals surface area contributed by atoms with E-state index < -0.39 is 19.1 Å². The number of pyridine rings is 6. The van der Waals surface area contributed by atoms with Gasteiger partial charge in [0.1, 0.15) is 21.1 Å². The lowest BCUT2D eigenvalue weighted by molar-refractivity contribution is -0.660. The molecule has 0 spiro atoms. The van der Waals surface area contributed by atoms with Crippen LogP contribution in [0.1, 0.15) is 128 Å². The number of rotatable bonds is 6. The Morgan fingerprint density at radius 1 is 0.304 bits per heavy atom. The summed E-state index contributed by atoms with van der Waals surface area (Å²) >= 11 is 0. The highest BCUT2D eigenvalue weighted by atomic mass is 14.9. The fraction of sp³-hybridized carbons (Fsp3) is 0.233. The molecule has 0 fully saturated rings. The first-order valence-corrected chi connectivity index (χ1v) is 32.0. The molecule has 0 N–H and O–H groups in total. The monoisotopic (exact) mass is 1210 g/mol. The number of hydrogen-bond acceptors (Lipinski definition) is 3. The molecule has 0 bridgehead atoms. The Labute approximate surface area is 554 Å². The van der Waals surface area contributed by atoms with Crippen molar-refractivity contribution in [1.82, 2.24) is 15.0 Å². The zero-order chi connectivity index (χ0) is 69.9. The summed E-state index contributed by atoms with van der Waals surface area (Å²) in [6, 6.07) is 66.2.